The quantitative estimate of drug-likeness (QED) is 0.552. The van der Waals surface area contributed by atoms with Crippen molar-refractivity contribution >= 4 is 11.6 Å². The number of alkyl halides is 2. The Morgan fingerprint density at radius 2 is 1.96 bits per heavy atom. The van der Waals surface area contributed by atoms with E-state index in [2.05, 4.69) is 25.3 Å². The maximum absolute atomic E-state index is 12.6. The van der Waals surface area contributed by atoms with Crippen LogP contribution in [0.4, 0.5) is 8.78 Å². The van der Waals surface area contributed by atoms with E-state index < -0.39 is 6.43 Å². The summed E-state index contributed by atoms with van der Waals surface area (Å²) in [6.07, 6.45) is 1.93. The van der Waals surface area contributed by atoms with Crippen LogP contribution in [0.5, 0.6) is 0 Å². The van der Waals surface area contributed by atoms with Crippen LogP contribution in [-0.2, 0) is 6.54 Å². The van der Waals surface area contributed by atoms with E-state index in [4.69, 9.17) is 11.6 Å². The highest BCUT2D eigenvalue weighted by Gasteiger charge is 2.12. The number of pyridine rings is 1. The fourth-order valence-electron chi connectivity index (χ4n) is 2.57. The van der Waals surface area contributed by atoms with Gasteiger partial charge in [0.05, 0.1) is 24.6 Å². The average molecular weight is 387 g/mol. The number of halogens is 3. The lowest BCUT2D eigenvalue weighted by Crippen LogP contribution is -2.02. The van der Waals surface area contributed by atoms with E-state index in [-0.39, 0.29) is 5.69 Å². The van der Waals surface area contributed by atoms with E-state index >= 15 is 0 Å². The number of aromatic nitrogens is 6. The van der Waals surface area contributed by atoms with Gasteiger partial charge in [-0.05, 0) is 24.3 Å². The molecule has 136 valence electrons. The summed E-state index contributed by atoms with van der Waals surface area (Å²) in [7, 11) is 0. The first-order chi connectivity index (χ1) is 13.1. The molecule has 0 saturated heterocycles. The molecular weight excluding hydrogens is 374 g/mol. The second-order valence-electron chi connectivity index (χ2n) is 5.84. The predicted octanol–water partition coefficient (Wildman–Crippen LogP) is 4.37. The number of H-pyrrole nitrogens is 1. The van der Waals surface area contributed by atoms with Gasteiger partial charge in [-0.3, -0.25) is 4.98 Å². The molecule has 6 nitrogen and oxygen atoms in total. The zero-order valence-electron chi connectivity index (χ0n) is 13.9. The maximum atomic E-state index is 12.6. The highest BCUT2D eigenvalue weighted by Crippen LogP contribution is 2.22. The summed E-state index contributed by atoms with van der Waals surface area (Å²) in [6, 6.07) is 10.9. The van der Waals surface area contributed by atoms with Crippen LogP contribution < -0.4 is 0 Å². The molecule has 3 heterocycles. The molecule has 0 unspecified atom stereocenters. The van der Waals surface area contributed by atoms with E-state index in [9.17, 15) is 8.78 Å². The number of imidazole rings is 1. The highest BCUT2D eigenvalue weighted by molar-refractivity contribution is 6.30. The Hall–Kier alpha value is -3.13. The Labute approximate surface area is 157 Å². The van der Waals surface area contributed by atoms with Gasteiger partial charge in [0.2, 0.25) is 0 Å². The molecule has 4 rings (SSSR count). The molecule has 0 aliphatic rings. The molecule has 0 spiro atoms. The minimum absolute atomic E-state index is 0.217. The van der Waals surface area contributed by atoms with Gasteiger partial charge in [-0.15, -0.1) is 5.10 Å². The Bertz CT molecular complexity index is 1060. The van der Waals surface area contributed by atoms with E-state index in [0.717, 1.165) is 17.5 Å². The van der Waals surface area contributed by atoms with Crippen molar-refractivity contribution in [2.24, 2.45) is 0 Å². The molecule has 27 heavy (non-hydrogen) atoms. The van der Waals surface area contributed by atoms with E-state index in [1.54, 1.807) is 29.1 Å². The fourth-order valence-corrected chi connectivity index (χ4v) is 2.76. The first kappa shape index (κ1) is 17.3. The maximum Gasteiger partial charge on any atom is 0.279 e. The van der Waals surface area contributed by atoms with Crippen LogP contribution >= 0.6 is 11.6 Å². The SMILES string of the molecule is FC(F)c1cnc(-c2ccc(Cn3cc(-c4cccc(Cl)c4)nn3)nc2)[nH]1. The summed E-state index contributed by atoms with van der Waals surface area (Å²) in [5.41, 5.74) is 2.75. The number of nitrogens with one attached hydrogen (secondary N) is 1. The summed E-state index contributed by atoms with van der Waals surface area (Å²) in [4.78, 5) is 10.9. The Morgan fingerprint density at radius 1 is 1.07 bits per heavy atom. The highest BCUT2D eigenvalue weighted by atomic mass is 35.5. The van der Waals surface area contributed by atoms with Crippen molar-refractivity contribution in [2.45, 2.75) is 13.0 Å². The lowest BCUT2D eigenvalue weighted by Gasteiger charge is -2.02. The Kier molecular flexibility index (Phi) is 4.64. The monoisotopic (exact) mass is 386 g/mol. The smallest absolute Gasteiger partial charge is 0.279 e. The first-order valence-corrected chi connectivity index (χ1v) is 8.41. The van der Waals surface area contributed by atoms with Gasteiger partial charge in [0.1, 0.15) is 17.2 Å². The number of benzene rings is 1. The van der Waals surface area contributed by atoms with Crippen LogP contribution in [0.25, 0.3) is 22.6 Å². The first-order valence-electron chi connectivity index (χ1n) is 8.03. The third kappa shape index (κ3) is 3.85. The largest absolute Gasteiger partial charge is 0.337 e. The van der Waals surface area contributed by atoms with E-state index in [1.165, 1.54) is 0 Å². The lowest BCUT2D eigenvalue weighted by molar-refractivity contribution is 0.146. The van der Waals surface area contributed by atoms with Crippen molar-refractivity contribution < 1.29 is 8.78 Å². The van der Waals surface area contributed by atoms with E-state index in [0.29, 0.717) is 28.6 Å². The second-order valence-corrected chi connectivity index (χ2v) is 6.27. The molecule has 0 aliphatic carbocycles. The lowest BCUT2D eigenvalue weighted by atomic mass is 10.2. The molecule has 0 aliphatic heterocycles. The third-order valence-corrected chi connectivity index (χ3v) is 4.15. The van der Waals surface area contributed by atoms with Crippen LogP contribution in [0.1, 0.15) is 17.8 Å². The molecule has 0 atom stereocenters. The molecule has 9 heteroatoms. The van der Waals surface area contributed by atoms with Gasteiger partial charge >= 0.3 is 0 Å². The van der Waals surface area contributed by atoms with Gasteiger partial charge in [0, 0.05) is 22.3 Å². The third-order valence-electron chi connectivity index (χ3n) is 3.91. The number of hydrogen-bond donors (Lipinski definition) is 1. The zero-order chi connectivity index (χ0) is 18.8. The molecule has 4 aromatic rings. The number of rotatable bonds is 5. The molecular formula is C18H13ClF2N6. The topological polar surface area (TPSA) is 72.3 Å². The van der Waals surface area contributed by atoms with Gasteiger partial charge in [0.15, 0.2) is 0 Å². The second kappa shape index (κ2) is 7.24. The molecule has 0 amide bonds. The minimum Gasteiger partial charge on any atom is -0.337 e. The molecule has 1 aromatic carbocycles. The molecule has 0 radical (unpaired) electrons. The van der Waals surface area contributed by atoms with Crippen molar-refractivity contribution in [3.8, 4) is 22.6 Å². The predicted molar refractivity (Wildman–Crippen MR) is 96.3 cm³/mol. The van der Waals surface area contributed by atoms with Crippen molar-refractivity contribution in [3.05, 3.63) is 71.4 Å². The average Bonchev–Trinajstić information content (AvgIpc) is 3.32. The molecule has 3 aromatic heterocycles. The molecule has 0 fully saturated rings. The van der Waals surface area contributed by atoms with Crippen LogP contribution in [0.15, 0.2) is 55.0 Å². The summed E-state index contributed by atoms with van der Waals surface area (Å²) < 4.78 is 26.9. The summed E-state index contributed by atoms with van der Waals surface area (Å²) >= 11 is 6.00. The minimum atomic E-state index is -2.58. The summed E-state index contributed by atoms with van der Waals surface area (Å²) in [5, 5.41) is 8.88. The van der Waals surface area contributed by atoms with Gasteiger partial charge in [-0.2, -0.15) is 0 Å². The van der Waals surface area contributed by atoms with Crippen molar-refractivity contribution in [1.29, 1.82) is 0 Å². The van der Waals surface area contributed by atoms with E-state index in [1.807, 2.05) is 24.4 Å². The van der Waals surface area contributed by atoms with Crippen LogP contribution in [-0.4, -0.2) is 29.9 Å². The molecule has 0 bridgehead atoms. The summed E-state index contributed by atoms with van der Waals surface area (Å²) in [5.74, 6) is 0.355. The molecule has 1 N–H and O–H groups in total. The van der Waals surface area contributed by atoms with Gasteiger partial charge in [-0.1, -0.05) is 28.9 Å². The Morgan fingerprint density at radius 3 is 2.67 bits per heavy atom. The van der Waals surface area contributed by atoms with Crippen molar-refractivity contribution in [1.82, 2.24) is 29.9 Å². The number of hydrogen-bond acceptors (Lipinski definition) is 4. The van der Waals surface area contributed by atoms with Gasteiger partial charge < -0.3 is 4.98 Å². The number of aromatic amines is 1. The van der Waals surface area contributed by atoms with Crippen molar-refractivity contribution in [2.75, 3.05) is 0 Å². The van der Waals surface area contributed by atoms with Crippen LogP contribution in [0, 0.1) is 0 Å². The number of nitrogens with zero attached hydrogens (tertiary/aromatic N) is 5. The van der Waals surface area contributed by atoms with Gasteiger partial charge in [0.25, 0.3) is 6.43 Å². The fraction of sp³-hybridized carbons (Fsp3) is 0.111. The molecule has 0 saturated carbocycles. The normalized spacial score (nSPS) is 11.3. The van der Waals surface area contributed by atoms with Gasteiger partial charge in [-0.25, -0.2) is 18.4 Å². The zero-order valence-corrected chi connectivity index (χ0v) is 14.6. The van der Waals surface area contributed by atoms with Crippen LogP contribution in [0.3, 0.4) is 0 Å². The Balaban J connectivity index is 1.49. The standard InChI is InChI=1S/C18H13ClF2N6/c19-13-3-1-2-11(6-13)16-10-27(26-25-16)9-14-5-4-12(7-22-14)18-23-8-15(24-18)17(20)21/h1-8,10,17H,9H2,(H,23,24). The van der Waals surface area contributed by atoms with Crippen molar-refractivity contribution in [3.63, 3.8) is 0 Å². The summed E-state index contributed by atoms with van der Waals surface area (Å²) in [6.45, 7) is 0.425. The van der Waals surface area contributed by atoms with Crippen LogP contribution in [0.2, 0.25) is 5.02 Å².